The molecule has 0 atom stereocenters. The summed E-state index contributed by atoms with van der Waals surface area (Å²) in [5, 5.41) is 0. The van der Waals surface area contributed by atoms with Gasteiger partial charge in [0.25, 0.3) is 0 Å². The molecule has 0 spiro atoms. The Hall–Kier alpha value is -2.68. The number of hydrogen-bond acceptors (Lipinski definition) is 0. The Morgan fingerprint density at radius 1 is 0.464 bits per heavy atom. The van der Waals surface area contributed by atoms with Gasteiger partial charge in [0.15, 0.2) is 24.8 Å². The number of pyridine rings is 2. The topological polar surface area (TPSA) is 7.76 Å². The van der Waals surface area contributed by atoms with E-state index in [1.807, 2.05) is 0 Å². The van der Waals surface area contributed by atoms with E-state index in [4.69, 9.17) is 0 Å². The first kappa shape index (κ1) is 21.6. The first-order chi connectivity index (χ1) is 12.7. The second-order valence-electron chi connectivity index (χ2n) is 6.56. The number of aryl methyl sites for hydroxylation is 2. The standard InChI is InChI=1S/C24H22N2.2ClH/c1-19-7-3-5-9-23(19)25-15-11-21(12-16-25)22-13-17-26(18-14-22)24-10-6-4-8-20(24)2;;/h3-18H,1-2H3;2*1H/q+2;;/p-2. The van der Waals surface area contributed by atoms with Crippen LogP contribution in [0.15, 0.2) is 97.6 Å². The SMILES string of the molecule is Cc1ccccc1-[n+]1ccc(-c2cc[n+](-c3ccccc3C)cc2)cc1.[Cl-].[Cl-]. The van der Waals surface area contributed by atoms with Crippen LogP contribution in [0.25, 0.3) is 22.5 Å². The third-order valence-corrected chi connectivity index (χ3v) is 4.78. The summed E-state index contributed by atoms with van der Waals surface area (Å²) in [5.41, 5.74) is 7.39. The highest BCUT2D eigenvalue weighted by Gasteiger charge is 2.11. The van der Waals surface area contributed by atoms with E-state index in [9.17, 15) is 0 Å². The summed E-state index contributed by atoms with van der Waals surface area (Å²) in [6.07, 6.45) is 8.50. The van der Waals surface area contributed by atoms with Gasteiger partial charge in [-0.1, -0.05) is 36.4 Å². The van der Waals surface area contributed by atoms with E-state index in [-0.39, 0.29) is 24.8 Å². The summed E-state index contributed by atoms with van der Waals surface area (Å²) < 4.78 is 4.32. The fraction of sp³-hybridized carbons (Fsp3) is 0.0833. The van der Waals surface area contributed by atoms with Crippen molar-refractivity contribution in [1.29, 1.82) is 0 Å². The van der Waals surface area contributed by atoms with Crippen molar-refractivity contribution in [2.45, 2.75) is 13.8 Å². The fourth-order valence-electron chi connectivity index (χ4n) is 3.27. The Morgan fingerprint density at radius 3 is 1.11 bits per heavy atom. The maximum Gasteiger partial charge on any atom is 0.213 e. The summed E-state index contributed by atoms with van der Waals surface area (Å²) in [5.74, 6) is 0. The molecule has 0 radical (unpaired) electrons. The lowest BCUT2D eigenvalue weighted by Crippen LogP contribution is -3.00. The molecule has 2 heterocycles. The van der Waals surface area contributed by atoms with Crippen LogP contribution in [0.5, 0.6) is 0 Å². The molecule has 0 aliphatic rings. The molecule has 0 amide bonds. The maximum atomic E-state index is 2.17. The van der Waals surface area contributed by atoms with Gasteiger partial charge in [-0.05, 0) is 25.0 Å². The first-order valence-corrected chi connectivity index (χ1v) is 8.87. The predicted molar refractivity (Wildman–Crippen MR) is 104 cm³/mol. The maximum absolute atomic E-state index is 2.17. The monoisotopic (exact) mass is 408 g/mol. The number of hydrogen-bond donors (Lipinski definition) is 0. The second kappa shape index (κ2) is 9.50. The molecule has 0 aliphatic heterocycles. The Morgan fingerprint density at radius 2 is 0.786 bits per heavy atom. The molecule has 0 N–H and O–H groups in total. The van der Waals surface area contributed by atoms with Crippen molar-refractivity contribution in [1.82, 2.24) is 0 Å². The van der Waals surface area contributed by atoms with Crippen LogP contribution in [0.2, 0.25) is 0 Å². The quantitative estimate of drug-likeness (QED) is 0.366. The van der Waals surface area contributed by atoms with Crippen LogP contribution < -0.4 is 33.9 Å². The highest BCUT2D eigenvalue weighted by atomic mass is 35.5. The Balaban J connectivity index is 0.00000140. The number of benzene rings is 2. The molecule has 4 aromatic rings. The van der Waals surface area contributed by atoms with E-state index in [1.54, 1.807) is 0 Å². The summed E-state index contributed by atoms with van der Waals surface area (Å²) in [7, 11) is 0. The molecular weight excluding hydrogens is 387 g/mol. The average Bonchev–Trinajstić information content (AvgIpc) is 2.69. The molecule has 0 aliphatic carbocycles. The summed E-state index contributed by atoms with van der Waals surface area (Å²) in [6, 6.07) is 25.5. The lowest BCUT2D eigenvalue weighted by Gasteiger charge is -2.03. The Bertz CT molecular complexity index is 956. The van der Waals surface area contributed by atoms with Gasteiger partial charge in [-0.15, -0.1) is 0 Å². The molecule has 0 unspecified atom stereocenters. The largest absolute Gasteiger partial charge is 1.00 e. The van der Waals surface area contributed by atoms with Gasteiger partial charge in [0, 0.05) is 47.5 Å². The van der Waals surface area contributed by atoms with Crippen LogP contribution in [0.3, 0.4) is 0 Å². The van der Waals surface area contributed by atoms with Gasteiger partial charge in [0.1, 0.15) is 0 Å². The number of para-hydroxylation sites is 2. The van der Waals surface area contributed by atoms with Crippen molar-refractivity contribution in [2.24, 2.45) is 0 Å². The third-order valence-electron chi connectivity index (χ3n) is 4.78. The molecular formula is C24H22Cl2N2. The molecule has 2 aromatic carbocycles. The van der Waals surface area contributed by atoms with E-state index in [0.29, 0.717) is 0 Å². The van der Waals surface area contributed by atoms with Crippen molar-refractivity contribution in [2.75, 3.05) is 0 Å². The summed E-state index contributed by atoms with van der Waals surface area (Å²) in [6.45, 7) is 4.27. The van der Waals surface area contributed by atoms with Gasteiger partial charge in [0.2, 0.25) is 11.4 Å². The van der Waals surface area contributed by atoms with Crippen LogP contribution in [-0.2, 0) is 0 Å². The zero-order chi connectivity index (χ0) is 17.9. The molecule has 0 saturated carbocycles. The van der Waals surface area contributed by atoms with Gasteiger partial charge in [-0.25, -0.2) is 0 Å². The van der Waals surface area contributed by atoms with Crippen LogP contribution in [0.4, 0.5) is 0 Å². The molecule has 4 heteroatoms. The van der Waals surface area contributed by atoms with Crippen molar-refractivity contribution in [3.8, 4) is 22.5 Å². The third kappa shape index (κ3) is 4.41. The van der Waals surface area contributed by atoms with Crippen molar-refractivity contribution >= 4 is 0 Å². The predicted octanol–water partition coefficient (Wildman–Crippen LogP) is -1.47. The van der Waals surface area contributed by atoms with Crippen molar-refractivity contribution in [3.05, 3.63) is 109 Å². The van der Waals surface area contributed by atoms with Crippen LogP contribution in [-0.4, -0.2) is 0 Å². The molecule has 0 bridgehead atoms. The average molecular weight is 409 g/mol. The van der Waals surface area contributed by atoms with Gasteiger partial charge in [-0.2, -0.15) is 9.13 Å². The number of halogens is 2. The minimum absolute atomic E-state index is 0. The summed E-state index contributed by atoms with van der Waals surface area (Å²) >= 11 is 0. The van der Waals surface area contributed by atoms with Crippen molar-refractivity contribution in [3.63, 3.8) is 0 Å². The number of aromatic nitrogens is 2. The number of nitrogens with zero attached hydrogens (tertiary/aromatic N) is 2. The lowest BCUT2D eigenvalue weighted by molar-refractivity contribution is -0.596. The lowest BCUT2D eigenvalue weighted by atomic mass is 10.1. The van der Waals surface area contributed by atoms with Crippen LogP contribution in [0, 0.1) is 13.8 Å². The second-order valence-corrected chi connectivity index (χ2v) is 6.56. The molecule has 142 valence electrons. The first-order valence-electron chi connectivity index (χ1n) is 8.87. The minimum Gasteiger partial charge on any atom is -1.00 e. The van der Waals surface area contributed by atoms with E-state index in [1.165, 1.54) is 33.6 Å². The molecule has 2 aromatic heterocycles. The van der Waals surface area contributed by atoms with E-state index in [0.717, 1.165) is 0 Å². The van der Waals surface area contributed by atoms with Crippen LogP contribution in [0.1, 0.15) is 11.1 Å². The molecule has 2 nitrogen and oxygen atoms in total. The van der Waals surface area contributed by atoms with Gasteiger partial charge in [-0.3, -0.25) is 0 Å². The number of rotatable bonds is 3. The van der Waals surface area contributed by atoms with Gasteiger partial charge in [0.05, 0.1) is 0 Å². The molecule has 0 saturated heterocycles. The molecule has 28 heavy (non-hydrogen) atoms. The van der Waals surface area contributed by atoms with E-state index in [2.05, 4.69) is 121 Å². The van der Waals surface area contributed by atoms with Gasteiger partial charge < -0.3 is 24.8 Å². The Labute approximate surface area is 178 Å². The highest BCUT2D eigenvalue weighted by Crippen LogP contribution is 2.17. The zero-order valence-electron chi connectivity index (χ0n) is 15.9. The molecule has 0 fully saturated rings. The fourth-order valence-corrected chi connectivity index (χ4v) is 3.27. The highest BCUT2D eigenvalue weighted by molar-refractivity contribution is 5.61. The van der Waals surface area contributed by atoms with Crippen LogP contribution >= 0.6 is 0 Å². The molecule has 4 rings (SSSR count). The van der Waals surface area contributed by atoms with E-state index >= 15 is 0 Å². The normalized spacial score (nSPS) is 9.93. The Kier molecular flexibility index (Phi) is 7.33. The van der Waals surface area contributed by atoms with E-state index < -0.39 is 0 Å². The van der Waals surface area contributed by atoms with Gasteiger partial charge >= 0.3 is 0 Å². The summed E-state index contributed by atoms with van der Waals surface area (Å²) in [4.78, 5) is 0. The zero-order valence-corrected chi connectivity index (χ0v) is 17.4. The van der Waals surface area contributed by atoms with Crippen molar-refractivity contribution < 1.29 is 33.9 Å². The minimum atomic E-state index is 0. The smallest absolute Gasteiger partial charge is 0.213 e.